The number of para-hydroxylation sites is 1. The number of hydrogen-bond donors (Lipinski definition) is 0. The van der Waals surface area contributed by atoms with Crippen LogP contribution in [0.1, 0.15) is 32.1 Å². The lowest BCUT2D eigenvalue weighted by Crippen LogP contribution is -2.45. The zero-order chi connectivity index (χ0) is 24.2. The molecule has 1 fully saturated rings. The second-order valence-electron chi connectivity index (χ2n) is 9.50. The van der Waals surface area contributed by atoms with Gasteiger partial charge in [0.15, 0.2) is 0 Å². The highest BCUT2D eigenvalue weighted by atomic mass is 32.1. The molecule has 0 radical (unpaired) electrons. The first-order valence-corrected chi connectivity index (χ1v) is 11.6. The third-order valence-electron chi connectivity index (χ3n) is 5.72. The number of alkyl halides is 5. The second-order valence-corrected chi connectivity index (χ2v) is 10.6. The van der Waals surface area contributed by atoms with E-state index in [1.165, 1.54) is 17.4 Å². The SMILES string of the molecule is CC(C)(C)[C@@H]1CC(COCC(F)(F)F)CN(Cc2cnc(-c3ccccc3OC(F)F)s2)C1. The van der Waals surface area contributed by atoms with Gasteiger partial charge in [-0.15, -0.1) is 11.3 Å². The van der Waals surface area contributed by atoms with Crippen molar-refractivity contribution in [2.45, 2.75) is 46.5 Å². The van der Waals surface area contributed by atoms with E-state index < -0.39 is 19.4 Å². The van der Waals surface area contributed by atoms with Crippen LogP contribution in [0.5, 0.6) is 5.75 Å². The van der Waals surface area contributed by atoms with E-state index in [4.69, 9.17) is 4.74 Å². The first-order valence-electron chi connectivity index (χ1n) is 10.8. The lowest BCUT2D eigenvalue weighted by molar-refractivity contribution is -0.178. The van der Waals surface area contributed by atoms with Gasteiger partial charge in [-0.2, -0.15) is 22.0 Å². The van der Waals surface area contributed by atoms with Gasteiger partial charge < -0.3 is 9.47 Å². The fourth-order valence-electron chi connectivity index (χ4n) is 4.09. The first kappa shape index (κ1) is 25.8. The van der Waals surface area contributed by atoms with Crippen molar-refractivity contribution in [1.82, 2.24) is 9.88 Å². The van der Waals surface area contributed by atoms with Crippen molar-refractivity contribution < 1.29 is 31.4 Å². The minimum Gasteiger partial charge on any atom is -0.434 e. The van der Waals surface area contributed by atoms with Crippen molar-refractivity contribution >= 4 is 11.3 Å². The predicted octanol–water partition coefficient (Wildman–Crippen LogP) is 6.47. The van der Waals surface area contributed by atoms with E-state index in [0.29, 0.717) is 29.6 Å². The first-order chi connectivity index (χ1) is 15.4. The van der Waals surface area contributed by atoms with E-state index in [-0.39, 0.29) is 23.7 Å². The lowest BCUT2D eigenvalue weighted by atomic mass is 9.73. The quantitative estimate of drug-likeness (QED) is 0.396. The van der Waals surface area contributed by atoms with Crippen molar-refractivity contribution in [3.05, 3.63) is 35.3 Å². The minimum absolute atomic E-state index is 0.00196. The van der Waals surface area contributed by atoms with Crippen molar-refractivity contribution in [2.75, 3.05) is 26.3 Å². The number of ether oxygens (including phenoxy) is 2. The highest BCUT2D eigenvalue weighted by Crippen LogP contribution is 2.38. The molecule has 184 valence electrons. The standard InChI is InChI=1S/C23H29F5N2O2S/c1-22(2,3)16-8-15(13-31-14-23(26,27)28)10-30(11-16)12-17-9-29-20(33-17)18-6-4-5-7-19(18)32-21(24)25/h4-7,9,15-16,21H,8,10-14H2,1-3H3/t15?,16-/m1/s1. The fourth-order valence-corrected chi connectivity index (χ4v) is 5.07. The monoisotopic (exact) mass is 492 g/mol. The summed E-state index contributed by atoms with van der Waals surface area (Å²) in [7, 11) is 0. The molecular weight excluding hydrogens is 463 g/mol. The van der Waals surface area contributed by atoms with E-state index in [0.717, 1.165) is 17.8 Å². The lowest BCUT2D eigenvalue weighted by Gasteiger charge is -2.43. The molecule has 1 aliphatic heterocycles. The van der Waals surface area contributed by atoms with Crippen LogP contribution < -0.4 is 4.74 Å². The van der Waals surface area contributed by atoms with Gasteiger partial charge >= 0.3 is 12.8 Å². The summed E-state index contributed by atoms with van der Waals surface area (Å²) in [6.45, 7) is 4.35. The number of rotatable bonds is 8. The normalized spacial score (nSPS) is 20.4. The molecule has 2 aromatic rings. The van der Waals surface area contributed by atoms with Crippen LogP contribution in [-0.2, 0) is 11.3 Å². The van der Waals surface area contributed by atoms with Gasteiger partial charge in [-0.1, -0.05) is 32.9 Å². The van der Waals surface area contributed by atoms with Crippen LogP contribution >= 0.6 is 11.3 Å². The van der Waals surface area contributed by atoms with Crippen LogP contribution in [0, 0.1) is 17.3 Å². The molecular formula is C23H29F5N2O2S. The maximum absolute atomic E-state index is 12.7. The molecule has 10 heteroatoms. The zero-order valence-corrected chi connectivity index (χ0v) is 19.7. The Morgan fingerprint density at radius 1 is 1.15 bits per heavy atom. The molecule has 1 aliphatic rings. The van der Waals surface area contributed by atoms with Gasteiger partial charge in [0.1, 0.15) is 17.4 Å². The summed E-state index contributed by atoms with van der Waals surface area (Å²) >= 11 is 1.39. The molecule has 2 atom stereocenters. The van der Waals surface area contributed by atoms with Crippen LogP contribution in [0.2, 0.25) is 0 Å². The zero-order valence-electron chi connectivity index (χ0n) is 18.9. The molecule has 1 unspecified atom stereocenters. The summed E-state index contributed by atoms with van der Waals surface area (Å²) < 4.78 is 72.5. The summed E-state index contributed by atoms with van der Waals surface area (Å²) in [4.78, 5) is 7.57. The van der Waals surface area contributed by atoms with Crippen LogP contribution in [0.25, 0.3) is 10.6 Å². The molecule has 2 heterocycles. The maximum atomic E-state index is 12.7. The Kier molecular flexibility index (Phi) is 8.34. The highest BCUT2D eigenvalue weighted by molar-refractivity contribution is 7.15. The molecule has 1 aromatic heterocycles. The van der Waals surface area contributed by atoms with Gasteiger partial charge in [-0.25, -0.2) is 4.98 Å². The Hall–Kier alpha value is -1.78. The highest BCUT2D eigenvalue weighted by Gasteiger charge is 2.35. The Labute approximate surface area is 194 Å². The summed E-state index contributed by atoms with van der Waals surface area (Å²) in [6, 6.07) is 6.52. The second kappa shape index (κ2) is 10.7. The Balaban J connectivity index is 1.70. The molecule has 3 rings (SSSR count). The van der Waals surface area contributed by atoms with Crippen molar-refractivity contribution in [1.29, 1.82) is 0 Å². The predicted molar refractivity (Wildman–Crippen MR) is 117 cm³/mol. The third-order valence-corrected chi connectivity index (χ3v) is 6.74. The summed E-state index contributed by atoms with van der Waals surface area (Å²) in [5.41, 5.74) is 0.504. The number of piperidine rings is 1. The summed E-state index contributed by atoms with van der Waals surface area (Å²) in [5.74, 6) is 0.372. The van der Waals surface area contributed by atoms with E-state index >= 15 is 0 Å². The number of benzene rings is 1. The Bertz CT molecular complexity index is 897. The van der Waals surface area contributed by atoms with Gasteiger partial charge in [0.25, 0.3) is 0 Å². The Morgan fingerprint density at radius 3 is 2.55 bits per heavy atom. The van der Waals surface area contributed by atoms with Crippen molar-refractivity contribution in [2.24, 2.45) is 17.3 Å². The van der Waals surface area contributed by atoms with Gasteiger partial charge in [-0.3, -0.25) is 4.90 Å². The number of hydrogen-bond acceptors (Lipinski definition) is 5. The molecule has 0 N–H and O–H groups in total. The van der Waals surface area contributed by atoms with Gasteiger partial charge in [0, 0.05) is 30.7 Å². The van der Waals surface area contributed by atoms with E-state index in [9.17, 15) is 22.0 Å². The molecule has 33 heavy (non-hydrogen) atoms. The van der Waals surface area contributed by atoms with Gasteiger partial charge in [0.05, 0.1) is 12.2 Å². The molecule has 1 aromatic carbocycles. The largest absolute Gasteiger partial charge is 0.434 e. The van der Waals surface area contributed by atoms with E-state index in [1.54, 1.807) is 24.4 Å². The van der Waals surface area contributed by atoms with E-state index in [1.807, 2.05) is 0 Å². The number of nitrogens with zero attached hydrogens (tertiary/aromatic N) is 2. The van der Waals surface area contributed by atoms with Crippen LogP contribution in [0.15, 0.2) is 30.5 Å². The number of halogens is 5. The smallest absolute Gasteiger partial charge is 0.411 e. The number of aromatic nitrogens is 1. The molecule has 0 amide bonds. The van der Waals surface area contributed by atoms with Crippen LogP contribution in [0.3, 0.4) is 0 Å². The maximum Gasteiger partial charge on any atom is 0.411 e. The molecule has 0 bridgehead atoms. The van der Waals surface area contributed by atoms with Crippen LogP contribution in [0.4, 0.5) is 22.0 Å². The average molecular weight is 493 g/mol. The molecule has 0 aliphatic carbocycles. The van der Waals surface area contributed by atoms with E-state index in [2.05, 4.69) is 35.4 Å². The molecule has 0 spiro atoms. The van der Waals surface area contributed by atoms with Crippen molar-refractivity contribution in [3.8, 4) is 16.3 Å². The van der Waals surface area contributed by atoms with Gasteiger partial charge in [-0.05, 0) is 35.8 Å². The summed E-state index contributed by atoms with van der Waals surface area (Å²) in [5, 5.41) is 0.579. The molecule has 4 nitrogen and oxygen atoms in total. The average Bonchev–Trinajstić information content (AvgIpc) is 3.14. The van der Waals surface area contributed by atoms with Crippen molar-refractivity contribution in [3.63, 3.8) is 0 Å². The topological polar surface area (TPSA) is 34.6 Å². The van der Waals surface area contributed by atoms with Crippen LogP contribution in [-0.4, -0.2) is 49.0 Å². The summed E-state index contributed by atoms with van der Waals surface area (Å²) in [6.07, 6.45) is -1.81. The Morgan fingerprint density at radius 2 is 1.88 bits per heavy atom. The molecule has 1 saturated heterocycles. The molecule has 0 saturated carbocycles. The fraction of sp³-hybridized carbons (Fsp3) is 0.609. The van der Waals surface area contributed by atoms with Gasteiger partial charge in [0.2, 0.25) is 0 Å². The number of likely N-dealkylation sites (tertiary alicyclic amines) is 1. The number of thiazole rings is 1. The minimum atomic E-state index is -4.33. The third kappa shape index (κ3) is 7.89.